The lowest BCUT2D eigenvalue weighted by atomic mass is 9.93. The monoisotopic (exact) mass is 392 g/mol. The fourth-order valence-corrected chi connectivity index (χ4v) is 3.95. The first-order valence-electron chi connectivity index (χ1n) is 9.23. The molecule has 28 heavy (non-hydrogen) atoms. The lowest BCUT2D eigenvalue weighted by Gasteiger charge is -2.20. The van der Waals surface area contributed by atoms with E-state index in [2.05, 4.69) is 5.43 Å². The molecule has 0 aliphatic carbocycles. The van der Waals surface area contributed by atoms with Gasteiger partial charge in [0.2, 0.25) is 0 Å². The van der Waals surface area contributed by atoms with Crippen molar-refractivity contribution in [2.24, 2.45) is 0 Å². The number of nitrogens with one attached hydrogen (secondary N) is 1. The molecule has 0 saturated carbocycles. The highest BCUT2D eigenvalue weighted by Crippen LogP contribution is 2.40. The van der Waals surface area contributed by atoms with Crippen molar-refractivity contribution in [3.05, 3.63) is 94.5 Å². The second-order valence-electron chi connectivity index (χ2n) is 6.67. The molecular weight excluding hydrogens is 372 g/mol. The molecule has 1 amide bonds. The van der Waals surface area contributed by atoms with Crippen molar-refractivity contribution < 1.29 is 9.53 Å². The van der Waals surface area contributed by atoms with E-state index in [0.29, 0.717) is 23.7 Å². The quantitative estimate of drug-likeness (QED) is 0.667. The van der Waals surface area contributed by atoms with Crippen molar-refractivity contribution in [3.8, 4) is 5.75 Å². The average molecular weight is 393 g/mol. The van der Waals surface area contributed by atoms with Crippen LogP contribution in [0.25, 0.3) is 0 Å². The number of hydrogen-bond donors (Lipinski definition) is 1. The lowest BCUT2D eigenvalue weighted by molar-refractivity contribution is -0.119. The molecule has 1 aliphatic heterocycles. The number of carbonyl (C=O) groups excluding carboxylic acids is 1. The summed E-state index contributed by atoms with van der Waals surface area (Å²) >= 11 is 6.38. The van der Waals surface area contributed by atoms with Crippen LogP contribution in [-0.2, 0) is 11.2 Å². The van der Waals surface area contributed by atoms with E-state index in [-0.39, 0.29) is 11.8 Å². The van der Waals surface area contributed by atoms with Gasteiger partial charge in [0, 0.05) is 6.54 Å². The first kappa shape index (κ1) is 18.5. The normalized spacial score (nSPS) is 15.6. The number of anilines is 1. The van der Waals surface area contributed by atoms with E-state index >= 15 is 0 Å². The van der Waals surface area contributed by atoms with Crippen molar-refractivity contribution in [1.29, 1.82) is 0 Å². The first-order valence-corrected chi connectivity index (χ1v) is 9.61. The highest BCUT2D eigenvalue weighted by Gasteiger charge is 2.37. The Balaban J connectivity index is 1.53. The summed E-state index contributed by atoms with van der Waals surface area (Å²) in [5, 5.41) is 2.28. The van der Waals surface area contributed by atoms with Gasteiger partial charge in [-0.1, -0.05) is 72.3 Å². The molecule has 0 spiro atoms. The number of ether oxygens (including phenoxy) is 1. The number of rotatable bonds is 6. The molecule has 4 nitrogen and oxygen atoms in total. The Morgan fingerprint density at radius 1 is 1.00 bits per heavy atom. The Bertz CT molecular complexity index is 991. The lowest BCUT2D eigenvalue weighted by Crippen LogP contribution is -2.42. The van der Waals surface area contributed by atoms with E-state index in [1.807, 2.05) is 72.8 Å². The SMILES string of the molecule is COc1cccc(CCNN2C(=O)C(c3ccccc3)c3ccccc32)c1Cl. The Morgan fingerprint density at radius 2 is 1.75 bits per heavy atom. The first-order chi connectivity index (χ1) is 13.7. The molecule has 0 saturated heterocycles. The van der Waals surface area contributed by atoms with E-state index in [0.717, 1.165) is 22.4 Å². The summed E-state index contributed by atoms with van der Waals surface area (Å²) in [4.78, 5) is 13.2. The van der Waals surface area contributed by atoms with Gasteiger partial charge in [0.15, 0.2) is 0 Å². The van der Waals surface area contributed by atoms with Crippen molar-refractivity contribution in [1.82, 2.24) is 5.43 Å². The number of halogens is 1. The average Bonchev–Trinajstić information content (AvgIpc) is 3.01. The molecule has 0 bridgehead atoms. The molecule has 3 aromatic carbocycles. The molecule has 3 aromatic rings. The van der Waals surface area contributed by atoms with Gasteiger partial charge in [0.05, 0.1) is 23.7 Å². The zero-order chi connectivity index (χ0) is 19.5. The predicted molar refractivity (Wildman–Crippen MR) is 112 cm³/mol. The molecule has 1 heterocycles. The zero-order valence-corrected chi connectivity index (χ0v) is 16.3. The standard InChI is InChI=1S/C23H21ClN2O2/c1-28-20-13-7-10-17(22(20)24)14-15-25-26-19-12-6-5-11-18(19)21(23(26)27)16-8-3-2-4-9-16/h2-13,21,25H,14-15H2,1H3. The summed E-state index contributed by atoms with van der Waals surface area (Å²) in [5.41, 5.74) is 7.18. The summed E-state index contributed by atoms with van der Waals surface area (Å²) in [5.74, 6) is 0.403. The molecule has 1 aliphatic rings. The number of methoxy groups -OCH3 is 1. The van der Waals surface area contributed by atoms with Gasteiger partial charge < -0.3 is 4.74 Å². The Hall–Kier alpha value is -2.82. The fraction of sp³-hybridized carbons (Fsp3) is 0.174. The third-order valence-corrected chi connectivity index (χ3v) is 5.45. The van der Waals surface area contributed by atoms with Crippen LogP contribution in [0.1, 0.15) is 22.6 Å². The van der Waals surface area contributed by atoms with E-state index < -0.39 is 0 Å². The van der Waals surface area contributed by atoms with Crippen LogP contribution in [0.4, 0.5) is 5.69 Å². The number of carbonyl (C=O) groups is 1. The summed E-state index contributed by atoms with van der Waals surface area (Å²) in [6.45, 7) is 0.578. The third kappa shape index (κ3) is 3.37. The van der Waals surface area contributed by atoms with Crippen molar-refractivity contribution in [2.45, 2.75) is 12.3 Å². The number of amides is 1. The van der Waals surface area contributed by atoms with E-state index in [1.165, 1.54) is 0 Å². The van der Waals surface area contributed by atoms with Crippen LogP contribution < -0.4 is 15.2 Å². The van der Waals surface area contributed by atoms with Crippen molar-refractivity contribution in [3.63, 3.8) is 0 Å². The van der Waals surface area contributed by atoms with Crippen LogP contribution in [0, 0.1) is 0 Å². The molecule has 1 unspecified atom stereocenters. The summed E-state index contributed by atoms with van der Waals surface area (Å²) < 4.78 is 5.28. The molecule has 142 valence electrons. The highest BCUT2D eigenvalue weighted by molar-refractivity contribution is 6.32. The molecule has 5 heteroatoms. The van der Waals surface area contributed by atoms with Gasteiger partial charge in [-0.3, -0.25) is 4.79 Å². The molecular formula is C23H21ClN2O2. The van der Waals surface area contributed by atoms with Gasteiger partial charge in [-0.25, -0.2) is 10.4 Å². The van der Waals surface area contributed by atoms with Crippen LogP contribution in [0.15, 0.2) is 72.8 Å². The Morgan fingerprint density at radius 3 is 2.54 bits per heavy atom. The number of hydrazine groups is 1. The predicted octanol–water partition coefficient (Wildman–Crippen LogP) is 4.57. The maximum Gasteiger partial charge on any atom is 0.253 e. The van der Waals surface area contributed by atoms with Gasteiger partial charge in [-0.15, -0.1) is 0 Å². The Kier molecular flexibility index (Phi) is 5.33. The number of hydrogen-bond acceptors (Lipinski definition) is 3. The van der Waals surface area contributed by atoms with Gasteiger partial charge in [0.1, 0.15) is 5.75 Å². The topological polar surface area (TPSA) is 41.6 Å². The minimum absolute atomic E-state index is 0.0316. The minimum atomic E-state index is -0.287. The maximum absolute atomic E-state index is 13.2. The van der Waals surface area contributed by atoms with Gasteiger partial charge in [-0.2, -0.15) is 0 Å². The van der Waals surface area contributed by atoms with Gasteiger partial charge in [-0.05, 0) is 35.2 Å². The van der Waals surface area contributed by atoms with Crippen LogP contribution >= 0.6 is 11.6 Å². The molecule has 1 atom stereocenters. The van der Waals surface area contributed by atoms with Crippen LogP contribution in [-0.4, -0.2) is 19.6 Å². The highest BCUT2D eigenvalue weighted by atomic mass is 35.5. The maximum atomic E-state index is 13.2. The van der Waals surface area contributed by atoms with Gasteiger partial charge in [0.25, 0.3) is 5.91 Å². The van der Waals surface area contributed by atoms with Crippen LogP contribution in [0.5, 0.6) is 5.75 Å². The van der Waals surface area contributed by atoms with E-state index in [4.69, 9.17) is 16.3 Å². The Labute approximate surface area is 169 Å². The largest absolute Gasteiger partial charge is 0.495 e. The second kappa shape index (κ2) is 8.05. The van der Waals surface area contributed by atoms with E-state index in [1.54, 1.807) is 12.1 Å². The molecule has 1 N–H and O–H groups in total. The van der Waals surface area contributed by atoms with Crippen molar-refractivity contribution >= 4 is 23.2 Å². The molecule has 0 fully saturated rings. The van der Waals surface area contributed by atoms with Crippen molar-refractivity contribution in [2.75, 3.05) is 18.7 Å². The second-order valence-corrected chi connectivity index (χ2v) is 7.05. The zero-order valence-electron chi connectivity index (χ0n) is 15.6. The van der Waals surface area contributed by atoms with Gasteiger partial charge >= 0.3 is 0 Å². The molecule has 4 rings (SSSR count). The number of para-hydroxylation sites is 1. The molecule has 0 aromatic heterocycles. The fourth-order valence-electron chi connectivity index (χ4n) is 3.66. The van der Waals surface area contributed by atoms with E-state index in [9.17, 15) is 4.79 Å². The third-order valence-electron chi connectivity index (χ3n) is 5.02. The number of nitrogens with zero attached hydrogens (tertiary/aromatic N) is 1. The minimum Gasteiger partial charge on any atom is -0.495 e. The number of fused-ring (bicyclic) bond motifs is 1. The number of benzene rings is 3. The summed E-state index contributed by atoms with van der Waals surface area (Å²) in [7, 11) is 1.60. The van der Waals surface area contributed by atoms with Crippen LogP contribution in [0.3, 0.4) is 0 Å². The van der Waals surface area contributed by atoms with Crippen LogP contribution in [0.2, 0.25) is 5.02 Å². The summed E-state index contributed by atoms with van der Waals surface area (Å²) in [6, 6.07) is 23.5. The molecule has 0 radical (unpaired) electrons. The smallest absolute Gasteiger partial charge is 0.253 e. The summed E-state index contributed by atoms with van der Waals surface area (Å²) in [6.07, 6.45) is 0.679.